The average Bonchev–Trinajstić information content (AvgIpc) is 3.45. The molecule has 27 heavy (non-hydrogen) atoms. The zero-order valence-electron chi connectivity index (χ0n) is 14.7. The number of aromatic nitrogens is 3. The van der Waals surface area contributed by atoms with E-state index < -0.39 is 6.10 Å². The van der Waals surface area contributed by atoms with E-state index in [1.54, 1.807) is 18.2 Å². The highest BCUT2D eigenvalue weighted by Gasteiger charge is 2.31. The summed E-state index contributed by atoms with van der Waals surface area (Å²) in [5.74, 6) is 1.40. The van der Waals surface area contributed by atoms with Crippen molar-refractivity contribution in [3.63, 3.8) is 0 Å². The third-order valence-electron chi connectivity index (χ3n) is 4.28. The maximum atomic E-state index is 14.2. The lowest BCUT2D eigenvalue weighted by Crippen LogP contribution is -2.20. The first-order chi connectivity index (χ1) is 13.2. The van der Waals surface area contributed by atoms with Crippen molar-refractivity contribution in [3.05, 3.63) is 60.4 Å². The van der Waals surface area contributed by atoms with E-state index >= 15 is 0 Å². The maximum absolute atomic E-state index is 14.2. The molecule has 4 rings (SSSR count). The van der Waals surface area contributed by atoms with Crippen molar-refractivity contribution >= 4 is 11.8 Å². The molecule has 1 N–H and O–H groups in total. The Morgan fingerprint density at radius 1 is 1.11 bits per heavy atom. The van der Waals surface area contributed by atoms with Gasteiger partial charge in [-0.25, -0.2) is 4.39 Å². The van der Waals surface area contributed by atoms with Crippen LogP contribution in [0.5, 0.6) is 5.75 Å². The Morgan fingerprint density at radius 3 is 2.59 bits per heavy atom. The second-order valence-electron chi connectivity index (χ2n) is 6.48. The Morgan fingerprint density at radius 2 is 1.85 bits per heavy atom. The number of hydrogen-bond acceptors (Lipinski definition) is 5. The van der Waals surface area contributed by atoms with E-state index in [1.165, 1.54) is 17.8 Å². The highest BCUT2D eigenvalue weighted by molar-refractivity contribution is 7.99. The van der Waals surface area contributed by atoms with Crippen molar-refractivity contribution in [2.45, 2.75) is 30.1 Å². The molecule has 7 heteroatoms. The molecule has 1 aliphatic rings. The summed E-state index contributed by atoms with van der Waals surface area (Å²) in [4.78, 5) is 0. The lowest BCUT2D eigenvalue weighted by Gasteiger charge is -2.13. The van der Waals surface area contributed by atoms with Crippen molar-refractivity contribution in [2.75, 3.05) is 12.4 Å². The Bertz CT molecular complexity index is 899. The molecule has 0 radical (unpaired) electrons. The van der Waals surface area contributed by atoms with Gasteiger partial charge in [-0.15, -0.1) is 10.2 Å². The van der Waals surface area contributed by atoms with Gasteiger partial charge in [0.1, 0.15) is 18.2 Å². The quantitative estimate of drug-likeness (QED) is 0.595. The van der Waals surface area contributed by atoms with Crippen LogP contribution >= 0.6 is 11.8 Å². The summed E-state index contributed by atoms with van der Waals surface area (Å²) in [5, 5.41) is 19.4. The van der Waals surface area contributed by atoms with Gasteiger partial charge in [0, 0.05) is 11.8 Å². The number of rotatable bonds is 8. The highest BCUT2D eigenvalue weighted by atomic mass is 32.2. The van der Waals surface area contributed by atoms with Crippen LogP contribution in [0.15, 0.2) is 59.8 Å². The number of benzene rings is 2. The normalized spacial score (nSPS) is 14.9. The zero-order chi connectivity index (χ0) is 18.6. The minimum absolute atomic E-state index is 0.203. The van der Waals surface area contributed by atoms with Gasteiger partial charge >= 0.3 is 0 Å². The molecule has 1 heterocycles. The minimum Gasteiger partial charge on any atom is -0.491 e. The molecular weight excluding hydrogens is 365 g/mol. The Hall–Kier alpha value is -2.38. The van der Waals surface area contributed by atoms with Gasteiger partial charge in [-0.2, -0.15) is 0 Å². The standard InChI is InChI=1S/C20H20FN3O2S/c21-18-9-5-4-8-17(18)19-22-23-20(24(19)14-10-11-14)27-13-15(25)12-26-16-6-2-1-3-7-16/h1-9,14-15,25H,10-13H2/t15-/m1/s1. The van der Waals surface area contributed by atoms with E-state index in [1.807, 2.05) is 34.9 Å². The van der Waals surface area contributed by atoms with Crippen LogP contribution in [0.1, 0.15) is 18.9 Å². The summed E-state index contributed by atoms with van der Waals surface area (Å²) in [6.45, 7) is 0.203. The first-order valence-electron chi connectivity index (χ1n) is 8.91. The van der Waals surface area contributed by atoms with Crippen LogP contribution < -0.4 is 4.74 Å². The van der Waals surface area contributed by atoms with Gasteiger partial charge in [-0.1, -0.05) is 42.1 Å². The van der Waals surface area contributed by atoms with Gasteiger partial charge in [0.15, 0.2) is 11.0 Å². The van der Waals surface area contributed by atoms with Gasteiger partial charge in [0.05, 0.1) is 11.7 Å². The summed E-state index contributed by atoms with van der Waals surface area (Å²) in [5.41, 5.74) is 0.455. The molecule has 0 spiro atoms. The van der Waals surface area contributed by atoms with Crippen LogP contribution in [-0.4, -0.2) is 38.3 Å². The van der Waals surface area contributed by atoms with Gasteiger partial charge in [-0.05, 0) is 37.1 Å². The molecule has 0 unspecified atom stereocenters. The van der Waals surface area contributed by atoms with Crippen molar-refractivity contribution < 1.29 is 14.2 Å². The van der Waals surface area contributed by atoms with Gasteiger partial charge in [0.2, 0.25) is 0 Å². The zero-order valence-corrected chi connectivity index (χ0v) is 15.5. The first-order valence-corrected chi connectivity index (χ1v) is 9.89. The summed E-state index contributed by atoms with van der Waals surface area (Å²) < 4.78 is 21.8. The Balaban J connectivity index is 1.43. The van der Waals surface area contributed by atoms with Crippen LogP contribution in [0.3, 0.4) is 0 Å². The molecule has 1 saturated carbocycles. The number of aliphatic hydroxyl groups is 1. The van der Waals surface area contributed by atoms with Gasteiger partial charge in [0.25, 0.3) is 0 Å². The number of aliphatic hydroxyl groups excluding tert-OH is 1. The van der Waals surface area contributed by atoms with E-state index in [4.69, 9.17) is 4.74 Å². The smallest absolute Gasteiger partial charge is 0.191 e. The molecule has 3 aromatic rings. The topological polar surface area (TPSA) is 60.2 Å². The molecule has 2 aromatic carbocycles. The molecule has 1 aromatic heterocycles. The van der Waals surface area contributed by atoms with Crippen LogP contribution in [0.2, 0.25) is 0 Å². The predicted molar refractivity (Wildman–Crippen MR) is 102 cm³/mol. The minimum atomic E-state index is -0.642. The SMILES string of the molecule is O[C@H](COc1ccccc1)CSc1nnc(-c2ccccc2F)n1C1CC1. The van der Waals surface area contributed by atoms with Crippen LogP contribution in [0, 0.1) is 5.82 Å². The van der Waals surface area contributed by atoms with E-state index in [2.05, 4.69) is 10.2 Å². The van der Waals surface area contributed by atoms with Crippen molar-refractivity contribution in [1.82, 2.24) is 14.8 Å². The average molecular weight is 385 g/mol. The fourth-order valence-electron chi connectivity index (χ4n) is 2.79. The van der Waals surface area contributed by atoms with E-state index in [0.29, 0.717) is 28.3 Å². The largest absolute Gasteiger partial charge is 0.491 e. The number of ether oxygens (including phenoxy) is 1. The molecule has 140 valence electrons. The van der Waals surface area contributed by atoms with Crippen molar-refractivity contribution in [3.8, 4) is 17.1 Å². The molecule has 1 aliphatic carbocycles. The number of hydrogen-bond donors (Lipinski definition) is 1. The Kier molecular flexibility index (Phi) is 5.40. The maximum Gasteiger partial charge on any atom is 0.191 e. The molecule has 1 fully saturated rings. The third-order valence-corrected chi connectivity index (χ3v) is 5.37. The number of thioether (sulfide) groups is 1. The fourth-order valence-corrected chi connectivity index (χ4v) is 3.70. The van der Waals surface area contributed by atoms with Crippen LogP contribution in [-0.2, 0) is 0 Å². The number of nitrogens with zero attached hydrogens (tertiary/aromatic N) is 3. The third kappa shape index (κ3) is 4.31. The summed E-state index contributed by atoms with van der Waals surface area (Å²) in [6, 6.07) is 16.3. The highest BCUT2D eigenvalue weighted by Crippen LogP contribution is 2.41. The predicted octanol–water partition coefficient (Wildman–Crippen LogP) is 3.95. The summed E-state index contributed by atoms with van der Waals surface area (Å²) in [6.07, 6.45) is 1.43. The summed E-state index contributed by atoms with van der Waals surface area (Å²) in [7, 11) is 0. The Labute approximate surface area is 161 Å². The van der Waals surface area contributed by atoms with Gasteiger partial charge in [-0.3, -0.25) is 4.57 Å². The van der Waals surface area contributed by atoms with Crippen molar-refractivity contribution in [2.24, 2.45) is 0 Å². The molecule has 0 aliphatic heterocycles. The first kappa shape index (κ1) is 18.0. The van der Waals surface area contributed by atoms with E-state index in [9.17, 15) is 9.50 Å². The molecular formula is C20H20FN3O2S. The molecule has 0 saturated heterocycles. The van der Waals surface area contributed by atoms with Crippen LogP contribution in [0.4, 0.5) is 4.39 Å². The van der Waals surface area contributed by atoms with E-state index in [0.717, 1.165) is 18.6 Å². The number of halogens is 1. The lowest BCUT2D eigenvalue weighted by molar-refractivity contribution is 0.126. The van der Waals surface area contributed by atoms with Crippen molar-refractivity contribution in [1.29, 1.82) is 0 Å². The molecule has 0 bridgehead atoms. The molecule has 5 nitrogen and oxygen atoms in total. The second-order valence-corrected chi connectivity index (χ2v) is 7.46. The summed E-state index contributed by atoms with van der Waals surface area (Å²) >= 11 is 1.42. The second kappa shape index (κ2) is 8.10. The monoisotopic (exact) mass is 385 g/mol. The lowest BCUT2D eigenvalue weighted by atomic mass is 10.2. The van der Waals surface area contributed by atoms with E-state index in [-0.39, 0.29) is 12.4 Å². The molecule has 0 amide bonds. The van der Waals surface area contributed by atoms with Gasteiger partial charge < -0.3 is 9.84 Å². The van der Waals surface area contributed by atoms with Crippen LogP contribution in [0.25, 0.3) is 11.4 Å². The number of para-hydroxylation sites is 1. The fraction of sp³-hybridized carbons (Fsp3) is 0.300. The molecule has 1 atom stereocenters.